The highest BCUT2D eigenvalue weighted by molar-refractivity contribution is 5.25. The van der Waals surface area contributed by atoms with Crippen LogP contribution in [0.15, 0.2) is 0 Å². The Morgan fingerprint density at radius 3 is 2.50 bits per heavy atom. The maximum absolute atomic E-state index is 4.54. The minimum Gasteiger partial charge on any atom is -0.314 e. The van der Waals surface area contributed by atoms with Crippen LogP contribution < -0.4 is 5.32 Å². The Balaban J connectivity index is 2.12. The average molecular weight is 249 g/mol. The molecule has 0 bridgehead atoms. The molecule has 1 atom stereocenters. The Kier molecular flexibility index (Phi) is 4.44. The molecule has 102 valence electrons. The molecule has 1 fully saturated rings. The fraction of sp³-hybridized carbons (Fsp3) is 0.800. The Labute approximate surface area is 111 Å². The molecule has 0 radical (unpaired) electrons. The number of likely N-dealkylation sites (N-methyl/N-ethyl adjacent to an activating group) is 1. The van der Waals surface area contributed by atoms with Gasteiger partial charge in [0, 0.05) is 18.8 Å². The summed E-state index contributed by atoms with van der Waals surface area (Å²) < 4.78 is 2.02. The summed E-state index contributed by atoms with van der Waals surface area (Å²) in [6.07, 6.45) is 6.77. The maximum Gasteiger partial charge on any atom is 0.0628 e. The molecule has 3 nitrogen and oxygen atoms in total. The van der Waals surface area contributed by atoms with Gasteiger partial charge in [-0.1, -0.05) is 19.8 Å². The number of nitrogens with zero attached hydrogens (tertiary/aromatic N) is 2. The molecule has 0 spiro atoms. The van der Waals surface area contributed by atoms with Gasteiger partial charge in [0.1, 0.15) is 0 Å². The summed E-state index contributed by atoms with van der Waals surface area (Å²) >= 11 is 0. The molecule has 3 heteroatoms. The smallest absolute Gasteiger partial charge is 0.0628 e. The Morgan fingerprint density at radius 1 is 1.33 bits per heavy atom. The second kappa shape index (κ2) is 5.87. The van der Waals surface area contributed by atoms with Gasteiger partial charge in [0.15, 0.2) is 0 Å². The van der Waals surface area contributed by atoms with Crippen LogP contribution in [-0.4, -0.2) is 22.4 Å². The number of aromatic nitrogens is 2. The number of hydrogen-bond donors (Lipinski definition) is 1. The quantitative estimate of drug-likeness (QED) is 0.869. The van der Waals surface area contributed by atoms with E-state index in [1.165, 1.54) is 42.6 Å². The van der Waals surface area contributed by atoms with Crippen LogP contribution in [0.4, 0.5) is 0 Å². The van der Waals surface area contributed by atoms with E-state index < -0.39 is 0 Å². The van der Waals surface area contributed by atoms with Crippen LogP contribution in [0.3, 0.4) is 0 Å². The van der Waals surface area contributed by atoms with E-state index in [-0.39, 0.29) is 0 Å². The van der Waals surface area contributed by atoms with Gasteiger partial charge in [-0.05, 0) is 51.1 Å². The van der Waals surface area contributed by atoms with Gasteiger partial charge in [-0.15, -0.1) is 0 Å². The second-order valence-corrected chi connectivity index (χ2v) is 5.69. The van der Waals surface area contributed by atoms with E-state index in [1.807, 2.05) is 11.7 Å². The third kappa shape index (κ3) is 2.77. The topological polar surface area (TPSA) is 29.9 Å². The number of aryl methyl sites for hydroxylation is 2. The van der Waals surface area contributed by atoms with E-state index in [0.29, 0.717) is 6.04 Å². The van der Waals surface area contributed by atoms with Gasteiger partial charge in [0.2, 0.25) is 0 Å². The third-order valence-electron chi connectivity index (χ3n) is 4.52. The molecule has 1 aliphatic rings. The van der Waals surface area contributed by atoms with Crippen molar-refractivity contribution in [2.45, 2.75) is 58.9 Å². The molecule has 0 saturated heterocycles. The maximum atomic E-state index is 4.54. The van der Waals surface area contributed by atoms with Crippen molar-refractivity contribution >= 4 is 0 Å². The van der Waals surface area contributed by atoms with E-state index in [1.54, 1.807) is 0 Å². The fourth-order valence-electron chi connectivity index (χ4n) is 3.36. The molecule has 2 rings (SSSR count). The zero-order valence-electron chi connectivity index (χ0n) is 12.3. The molecule has 1 aromatic heterocycles. The standard InChI is InChI=1S/C15H27N3/c1-5-16-15(13-8-6-7-9-13)10-14-11(2)17-18(4)12(14)3/h13,15-16H,5-10H2,1-4H3. The molecule has 0 aromatic carbocycles. The zero-order valence-corrected chi connectivity index (χ0v) is 12.3. The lowest BCUT2D eigenvalue weighted by Crippen LogP contribution is -2.37. The summed E-state index contributed by atoms with van der Waals surface area (Å²) in [5.41, 5.74) is 3.99. The van der Waals surface area contributed by atoms with Crippen LogP contribution in [0.25, 0.3) is 0 Å². The zero-order chi connectivity index (χ0) is 13.1. The Morgan fingerprint density at radius 2 is 2.00 bits per heavy atom. The summed E-state index contributed by atoms with van der Waals surface area (Å²) in [5.74, 6) is 0.865. The first-order valence-corrected chi connectivity index (χ1v) is 7.36. The van der Waals surface area contributed by atoms with Crippen LogP contribution in [0.1, 0.15) is 49.6 Å². The van der Waals surface area contributed by atoms with Crippen molar-refractivity contribution < 1.29 is 0 Å². The van der Waals surface area contributed by atoms with E-state index in [0.717, 1.165) is 18.9 Å². The van der Waals surface area contributed by atoms with Crippen LogP contribution in [-0.2, 0) is 13.5 Å². The van der Waals surface area contributed by atoms with Gasteiger partial charge in [0.25, 0.3) is 0 Å². The molecule has 1 saturated carbocycles. The van der Waals surface area contributed by atoms with Crippen LogP contribution in [0, 0.1) is 19.8 Å². The minimum absolute atomic E-state index is 0.638. The first-order chi connectivity index (χ1) is 8.63. The fourth-order valence-corrected chi connectivity index (χ4v) is 3.36. The van der Waals surface area contributed by atoms with Gasteiger partial charge in [-0.3, -0.25) is 4.68 Å². The SMILES string of the molecule is CCNC(Cc1c(C)nn(C)c1C)C1CCCC1. The predicted molar refractivity (Wildman–Crippen MR) is 75.8 cm³/mol. The molecular formula is C15H27N3. The van der Waals surface area contributed by atoms with Crippen molar-refractivity contribution in [2.24, 2.45) is 13.0 Å². The molecule has 1 aromatic rings. The summed E-state index contributed by atoms with van der Waals surface area (Å²) in [5, 5.41) is 8.24. The molecule has 1 aliphatic carbocycles. The predicted octanol–water partition coefficient (Wildman–Crippen LogP) is 2.75. The van der Waals surface area contributed by atoms with Crippen LogP contribution >= 0.6 is 0 Å². The van der Waals surface area contributed by atoms with Gasteiger partial charge in [-0.2, -0.15) is 5.10 Å². The molecular weight excluding hydrogens is 222 g/mol. The van der Waals surface area contributed by atoms with Crippen LogP contribution in [0.5, 0.6) is 0 Å². The Hall–Kier alpha value is -0.830. The van der Waals surface area contributed by atoms with Gasteiger partial charge in [-0.25, -0.2) is 0 Å². The third-order valence-corrected chi connectivity index (χ3v) is 4.52. The molecule has 0 aliphatic heterocycles. The van der Waals surface area contributed by atoms with Gasteiger partial charge >= 0.3 is 0 Å². The van der Waals surface area contributed by atoms with Crippen molar-refractivity contribution in [1.29, 1.82) is 0 Å². The first kappa shape index (κ1) is 13.6. The molecule has 1 unspecified atom stereocenters. The van der Waals surface area contributed by atoms with Crippen molar-refractivity contribution in [3.8, 4) is 0 Å². The van der Waals surface area contributed by atoms with E-state index >= 15 is 0 Å². The van der Waals surface area contributed by atoms with E-state index in [9.17, 15) is 0 Å². The lowest BCUT2D eigenvalue weighted by atomic mass is 9.91. The van der Waals surface area contributed by atoms with Gasteiger partial charge < -0.3 is 5.32 Å². The van der Waals surface area contributed by atoms with Crippen molar-refractivity contribution in [3.05, 3.63) is 17.0 Å². The molecule has 18 heavy (non-hydrogen) atoms. The lowest BCUT2D eigenvalue weighted by Gasteiger charge is -2.24. The van der Waals surface area contributed by atoms with Crippen molar-refractivity contribution in [1.82, 2.24) is 15.1 Å². The number of nitrogens with one attached hydrogen (secondary N) is 1. The van der Waals surface area contributed by atoms with Crippen molar-refractivity contribution in [3.63, 3.8) is 0 Å². The summed E-state index contributed by atoms with van der Waals surface area (Å²) in [4.78, 5) is 0. The van der Waals surface area contributed by atoms with Crippen LogP contribution in [0.2, 0.25) is 0 Å². The van der Waals surface area contributed by atoms with Crippen molar-refractivity contribution in [2.75, 3.05) is 6.54 Å². The minimum atomic E-state index is 0.638. The Bertz CT molecular complexity index is 389. The summed E-state index contributed by atoms with van der Waals surface area (Å²) in [6.45, 7) is 7.61. The lowest BCUT2D eigenvalue weighted by molar-refractivity contribution is 0.361. The highest BCUT2D eigenvalue weighted by Crippen LogP contribution is 2.30. The molecule has 1 N–H and O–H groups in total. The van der Waals surface area contributed by atoms with E-state index in [2.05, 4.69) is 31.2 Å². The molecule has 1 heterocycles. The summed E-state index contributed by atoms with van der Waals surface area (Å²) in [6, 6.07) is 0.638. The van der Waals surface area contributed by atoms with Gasteiger partial charge in [0.05, 0.1) is 5.69 Å². The first-order valence-electron chi connectivity index (χ1n) is 7.36. The average Bonchev–Trinajstić information content (AvgIpc) is 2.93. The normalized spacial score (nSPS) is 18.4. The number of rotatable bonds is 5. The largest absolute Gasteiger partial charge is 0.314 e. The summed E-state index contributed by atoms with van der Waals surface area (Å²) in [7, 11) is 2.05. The molecule has 0 amide bonds. The highest BCUT2D eigenvalue weighted by atomic mass is 15.3. The highest BCUT2D eigenvalue weighted by Gasteiger charge is 2.26. The monoisotopic (exact) mass is 249 g/mol. The van der Waals surface area contributed by atoms with E-state index in [4.69, 9.17) is 0 Å². The number of hydrogen-bond acceptors (Lipinski definition) is 2. The second-order valence-electron chi connectivity index (χ2n) is 5.69.